The molecule has 2 fully saturated rings. The van der Waals surface area contributed by atoms with Crippen molar-refractivity contribution in [1.82, 2.24) is 9.97 Å². The number of benzene rings is 5. The average molecular weight is 1920 g/mol. The van der Waals surface area contributed by atoms with E-state index in [2.05, 4.69) is 96.9 Å². The number of unbranched alkanes of at least 4 members (excludes halogenated alkanes) is 13. The molecule has 0 saturated heterocycles. The van der Waals surface area contributed by atoms with Crippen molar-refractivity contribution in [1.29, 1.82) is 0 Å². The van der Waals surface area contributed by atoms with Gasteiger partial charge in [-0.3, -0.25) is 28.8 Å². The molecule has 0 amide bonds. The monoisotopic (exact) mass is 1910 g/mol. The maximum Gasteiger partial charge on any atom is 0.336 e. The zero-order chi connectivity index (χ0) is 95.4. The molecule has 0 bridgehead atoms. The molecule has 5 aromatic carbocycles. The van der Waals surface area contributed by atoms with Crippen LogP contribution in [0.15, 0.2) is 120 Å². The normalized spacial score (nSPS) is 14.6. The lowest BCUT2D eigenvalue weighted by Gasteiger charge is -2.27. The molecule has 0 spiro atoms. The van der Waals surface area contributed by atoms with Crippen LogP contribution in [0, 0.1) is 29.1 Å². The first kappa shape index (κ1) is 114. The molecule has 2 aliphatic rings. The smallest absolute Gasteiger partial charge is 0.336 e. The van der Waals surface area contributed by atoms with Crippen LogP contribution in [-0.4, -0.2) is 192 Å². The van der Waals surface area contributed by atoms with Gasteiger partial charge in [-0.15, -0.1) is 0 Å². The van der Waals surface area contributed by atoms with Gasteiger partial charge >= 0.3 is 47.8 Å². The van der Waals surface area contributed by atoms with Crippen LogP contribution in [0.3, 0.4) is 0 Å². The standard InChI is InChI=1S/C80H102N6O9S2.C5H12O4.4C3H6O2S/c1-6-11-15-25-49-85(79-83-68-31-21-23-33-71(68)96-79)81-55-61-53-63(94-77(90)59-39-35-57(36-40-59)29-19-13-8-3)43-45-65(61)74-67(76(88)89)47-48-70(92-51-27-17-18-28-52-93-73(87)10-5)75(74)66-46-44-64(95-78(91)60-41-37-58(38-42-60)30-20-14-9-4)54-62(66)56-82-86(50-26-16-12-7-2)80-84-69-32-22-24-34-72(69)97-80;6-1-5(2-7,3-8)4-9;4*4-3(5)1-2-6/h10,21-24,31-34,43-48,53-60H,5-9,11-20,25-30,35-42,49-52H2,1-4H3,(H,88,89);6-9H,1-4H2;4*6H,1-2H2,(H,4,5). The number of aliphatic carboxylic acids is 4. The molecular weight excluding hydrogens is 1780 g/mol. The Morgan fingerprint density at radius 1 is 0.469 bits per heavy atom. The van der Waals surface area contributed by atoms with Gasteiger partial charge in [-0.05, 0) is 186 Å². The molecule has 0 atom stereocenters. The predicted octanol–water partition coefficient (Wildman–Crippen LogP) is 20.5. The second kappa shape index (κ2) is 66.7. The number of thiazole rings is 2. The number of thiol groups is 4. The van der Waals surface area contributed by atoms with Crippen LogP contribution < -0.4 is 24.2 Å². The fourth-order valence-corrected chi connectivity index (χ4v) is 16.8. The molecule has 2 heterocycles. The molecule has 0 aliphatic heterocycles. The minimum Gasteiger partial charge on any atom is -0.493 e. The quantitative estimate of drug-likeness (QED) is 0.00320. The summed E-state index contributed by atoms with van der Waals surface area (Å²) in [5.74, 6) is -1.82. The zero-order valence-electron chi connectivity index (χ0n) is 75.8. The molecule has 9 rings (SSSR count). The molecule has 0 unspecified atom stereocenters. The Hall–Kier alpha value is -8.64. The summed E-state index contributed by atoms with van der Waals surface area (Å²) in [5, 5.41) is 92.9. The number of para-hydroxylation sites is 2. The van der Waals surface area contributed by atoms with Crippen LogP contribution in [0.4, 0.5) is 10.3 Å². The number of hydrazone groups is 2. The zero-order valence-corrected chi connectivity index (χ0v) is 81.0. The molecule has 130 heavy (non-hydrogen) atoms. The van der Waals surface area contributed by atoms with E-state index in [4.69, 9.17) is 80.0 Å². The third kappa shape index (κ3) is 42.9. The number of aromatic nitrogens is 2. The van der Waals surface area contributed by atoms with Crippen LogP contribution in [0.25, 0.3) is 42.7 Å². The summed E-state index contributed by atoms with van der Waals surface area (Å²) in [6.07, 6.45) is 32.8. The number of hydrogen-bond donors (Lipinski definition) is 13. The van der Waals surface area contributed by atoms with E-state index in [0.29, 0.717) is 117 Å². The van der Waals surface area contributed by atoms with Crippen LogP contribution in [0.2, 0.25) is 0 Å². The lowest BCUT2D eigenvalue weighted by Crippen LogP contribution is -2.37. The molecule has 718 valence electrons. The predicted molar refractivity (Wildman–Crippen MR) is 532 cm³/mol. The van der Waals surface area contributed by atoms with E-state index in [-0.39, 0.29) is 68.2 Å². The minimum atomic E-state index is -1.18. The highest BCUT2D eigenvalue weighted by molar-refractivity contribution is 7.80. The van der Waals surface area contributed by atoms with E-state index < -0.39 is 67.7 Å². The van der Waals surface area contributed by atoms with Crippen LogP contribution in [0.5, 0.6) is 17.2 Å². The first-order chi connectivity index (χ1) is 62.8. The first-order valence-electron chi connectivity index (χ1n) is 45.4. The Bertz CT molecular complexity index is 4420. The second-order valence-electron chi connectivity index (χ2n) is 32.0. The highest BCUT2D eigenvalue weighted by Crippen LogP contribution is 2.47. The van der Waals surface area contributed by atoms with Crippen molar-refractivity contribution >= 4 is 164 Å². The van der Waals surface area contributed by atoms with Crippen LogP contribution in [0.1, 0.15) is 255 Å². The van der Waals surface area contributed by atoms with Gasteiger partial charge in [-0.1, -0.05) is 171 Å². The highest BCUT2D eigenvalue weighted by atomic mass is 32.1. The molecule has 27 nitrogen and oxygen atoms in total. The molecule has 33 heteroatoms. The Balaban J connectivity index is 0.000000907. The number of esters is 3. The molecule has 0 radical (unpaired) electrons. The fraction of sp³-hybridized carbons (Fsp3) is 0.546. The van der Waals surface area contributed by atoms with Crippen LogP contribution >= 0.6 is 73.2 Å². The lowest BCUT2D eigenvalue weighted by atomic mass is 9.80. The summed E-state index contributed by atoms with van der Waals surface area (Å²) in [6.45, 7) is 12.4. The van der Waals surface area contributed by atoms with E-state index >= 15 is 0 Å². The summed E-state index contributed by atoms with van der Waals surface area (Å²) in [7, 11) is 0. The summed E-state index contributed by atoms with van der Waals surface area (Å²) < 4.78 is 27.1. The number of ether oxygens (including phenoxy) is 4. The maximum atomic E-state index is 14.4. The van der Waals surface area contributed by atoms with E-state index in [0.717, 1.165) is 147 Å². The highest BCUT2D eigenvalue weighted by Gasteiger charge is 2.32. The van der Waals surface area contributed by atoms with Gasteiger partial charge in [0.1, 0.15) is 17.2 Å². The van der Waals surface area contributed by atoms with E-state index in [1.165, 1.54) is 51.4 Å². The van der Waals surface area contributed by atoms with Crippen molar-refractivity contribution in [3.8, 4) is 39.5 Å². The largest absolute Gasteiger partial charge is 0.493 e. The SMILES string of the molecule is C=CC(=O)OCCCCCCOc1ccc(C(=O)O)c(-c2ccc(OC(=O)C3CCC(CCCCC)CC3)cc2C=NN(CCCCCC)c2nc3ccccc3s2)c1-c1ccc(OC(=O)C2CCC(CCCCC)CC2)cc1C=NN(CCCCCC)c1nc2ccccc2s1.O=C(O)CCS.O=C(O)CCS.O=C(O)CCS.O=C(O)CCS.OCC(CO)(CO)CO. The van der Waals surface area contributed by atoms with Crippen molar-refractivity contribution in [2.45, 2.75) is 233 Å². The lowest BCUT2D eigenvalue weighted by molar-refractivity contribution is -0.141. The van der Waals surface area contributed by atoms with Crippen molar-refractivity contribution in [2.24, 2.45) is 39.3 Å². The van der Waals surface area contributed by atoms with E-state index in [1.54, 1.807) is 65.4 Å². The summed E-state index contributed by atoms with van der Waals surface area (Å²) in [4.78, 5) is 103. The van der Waals surface area contributed by atoms with Crippen LogP contribution in [-0.2, 0) is 38.3 Å². The maximum absolute atomic E-state index is 14.4. The summed E-state index contributed by atoms with van der Waals surface area (Å²) in [6, 6.07) is 30.3. The molecule has 7 aromatic rings. The topological polar surface area (TPSA) is 413 Å². The number of carbonyl (C=O) groups excluding carboxylic acids is 3. The Morgan fingerprint density at radius 2 is 0.846 bits per heavy atom. The number of carboxylic acid groups (broad SMARTS) is 5. The Morgan fingerprint density at radius 3 is 1.19 bits per heavy atom. The van der Waals surface area contributed by atoms with Crippen molar-refractivity contribution in [3.05, 3.63) is 126 Å². The molecule has 2 saturated carbocycles. The Kier molecular flexibility index (Phi) is 58.3. The number of fused-ring (bicyclic) bond motifs is 2. The number of anilines is 2. The number of aliphatic hydroxyl groups is 4. The fourth-order valence-electron chi connectivity index (χ4n) is 14.1. The number of rotatable bonds is 52. The third-order valence-electron chi connectivity index (χ3n) is 21.7. The number of aliphatic hydroxyl groups excluding tert-OH is 4. The van der Waals surface area contributed by atoms with Crippen molar-refractivity contribution in [2.75, 3.05) is 85.8 Å². The number of carboxylic acids is 5. The van der Waals surface area contributed by atoms with Gasteiger partial charge in [-0.25, -0.2) is 29.6 Å². The molecular formula is C97H138N6O21S6. The van der Waals surface area contributed by atoms with Crippen molar-refractivity contribution < 1.29 is 103 Å². The van der Waals surface area contributed by atoms with Gasteiger partial charge < -0.3 is 64.9 Å². The van der Waals surface area contributed by atoms with Gasteiger partial charge in [0.05, 0.1) is 121 Å². The van der Waals surface area contributed by atoms with Gasteiger partial charge in [0.25, 0.3) is 0 Å². The first-order valence-corrected chi connectivity index (χ1v) is 49.6. The number of aromatic carboxylic acids is 1. The van der Waals surface area contributed by atoms with Crippen molar-refractivity contribution in [3.63, 3.8) is 0 Å². The molecule has 2 aromatic heterocycles. The molecule has 2 aliphatic carbocycles. The number of hydrogen-bond acceptors (Lipinski definition) is 28. The number of nitrogens with zero attached hydrogens (tertiary/aromatic N) is 6. The second-order valence-corrected chi connectivity index (χ2v) is 35.8. The van der Waals surface area contributed by atoms with Gasteiger partial charge in [0.15, 0.2) is 0 Å². The van der Waals surface area contributed by atoms with E-state index in [1.807, 2.05) is 64.6 Å². The van der Waals surface area contributed by atoms with Gasteiger partial charge in [0.2, 0.25) is 10.3 Å². The third-order valence-corrected chi connectivity index (χ3v) is 24.7. The summed E-state index contributed by atoms with van der Waals surface area (Å²) in [5.41, 5.74) is 3.51. The molecule has 9 N–H and O–H groups in total. The number of carbonyl (C=O) groups is 8. The Labute approximate surface area is 796 Å². The summed E-state index contributed by atoms with van der Waals surface area (Å²) >= 11 is 17.8. The van der Waals surface area contributed by atoms with E-state index in [9.17, 15) is 43.5 Å². The minimum absolute atomic E-state index is 0.00942. The van der Waals surface area contributed by atoms with Gasteiger partial charge in [0, 0.05) is 64.4 Å². The van der Waals surface area contributed by atoms with Gasteiger partial charge in [-0.2, -0.15) is 60.7 Å². The average Bonchev–Trinajstić information content (AvgIpc) is 0.965.